The second kappa shape index (κ2) is 7.76. The summed E-state index contributed by atoms with van der Waals surface area (Å²) in [5, 5.41) is 3.69. The average molecular weight is 309 g/mol. The quantitative estimate of drug-likeness (QED) is 0.868. The summed E-state index contributed by atoms with van der Waals surface area (Å²) >= 11 is 0. The van der Waals surface area contributed by atoms with Crippen LogP contribution in [0.5, 0.6) is 0 Å². The Bertz CT molecular complexity index is 585. The molecule has 0 aliphatic carbocycles. The van der Waals surface area contributed by atoms with Crippen molar-refractivity contribution in [3.63, 3.8) is 0 Å². The van der Waals surface area contributed by atoms with Crippen LogP contribution in [0.3, 0.4) is 0 Å². The largest absolute Gasteiger partial charge is 0.381 e. The highest BCUT2D eigenvalue weighted by Gasteiger charge is 2.33. The predicted octanol–water partition coefficient (Wildman–Crippen LogP) is 4.09. The second-order valence-electron chi connectivity index (χ2n) is 6.53. The summed E-state index contributed by atoms with van der Waals surface area (Å²) in [7, 11) is 0. The highest BCUT2D eigenvalue weighted by atomic mass is 16.5. The number of rotatable bonds is 6. The summed E-state index contributed by atoms with van der Waals surface area (Å²) in [4.78, 5) is 0. The molecule has 23 heavy (non-hydrogen) atoms. The minimum atomic E-state index is 0.211. The van der Waals surface area contributed by atoms with Crippen LogP contribution in [0.1, 0.15) is 36.5 Å². The van der Waals surface area contributed by atoms with Crippen LogP contribution in [0.2, 0.25) is 0 Å². The summed E-state index contributed by atoms with van der Waals surface area (Å²) in [5.74, 6) is 0. The molecule has 122 valence electrons. The molecule has 0 amide bonds. The highest BCUT2D eigenvalue weighted by molar-refractivity contribution is 5.27. The summed E-state index contributed by atoms with van der Waals surface area (Å²) < 4.78 is 5.61. The molecule has 0 saturated carbocycles. The van der Waals surface area contributed by atoms with Crippen LogP contribution >= 0.6 is 0 Å². The van der Waals surface area contributed by atoms with Gasteiger partial charge in [0, 0.05) is 31.7 Å². The van der Waals surface area contributed by atoms with Gasteiger partial charge in [-0.1, -0.05) is 61.5 Å². The molecular weight excluding hydrogens is 282 g/mol. The normalized spacial score (nSPS) is 17.1. The molecule has 0 unspecified atom stereocenters. The Kier molecular flexibility index (Phi) is 5.47. The Morgan fingerprint density at radius 2 is 1.57 bits per heavy atom. The van der Waals surface area contributed by atoms with Gasteiger partial charge >= 0.3 is 0 Å². The van der Waals surface area contributed by atoms with Gasteiger partial charge in [-0.25, -0.2) is 0 Å². The van der Waals surface area contributed by atoms with Crippen molar-refractivity contribution in [3.05, 3.63) is 71.3 Å². The van der Waals surface area contributed by atoms with Gasteiger partial charge < -0.3 is 10.1 Å². The van der Waals surface area contributed by atoms with E-state index in [2.05, 4.69) is 66.8 Å². The van der Waals surface area contributed by atoms with Crippen LogP contribution in [0.25, 0.3) is 0 Å². The maximum atomic E-state index is 5.61. The van der Waals surface area contributed by atoms with E-state index < -0.39 is 0 Å². The zero-order valence-corrected chi connectivity index (χ0v) is 14.1. The van der Waals surface area contributed by atoms with E-state index >= 15 is 0 Å². The van der Waals surface area contributed by atoms with Crippen LogP contribution in [-0.4, -0.2) is 19.8 Å². The highest BCUT2D eigenvalue weighted by Crippen LogP contribution is 2.34. The summed E-state index contributed by atoms with van der Waals surface area (Å²) in [6.07, 6.45) is 3.29. The minimum absolute atomic E-state index is 0.211. The number of ether oxygens (including phenoxy) is 1. The first-order valence-corrected chi connectivity index (χ1v) is 8.74. The lowest BCUT2D eigenvalue weighted by Gasteiger charge is -2.38. The molecule has 0 spiro atoms. The van der Waals surface area contributed by atoms with E-state index in [4.69, 9.17) is 4.74 Å². The van der Waals surface area contributed by atoms with Gasteiger partial charge in [0.25, 0.3) is 0 Å². The zero-order valence-electron chi connectivity index (χ0n) is 14.1. The van der Waals surface area contributed by atoms with E-state index in [9.17, 15) is 0 Å². The van der Waals surface area contributed by atoms with Gasteiger partial charge in [-0.15, -0.1) is 0 Å². The van der Waals surface area contributed by atoms with Crippen LogP contribution < -0.4 is 5.32 Å². The van der Waals surface area contributed by atoms with E-state index in [0.717, 1.165) is 45.6 Å². The van der Waals surface area contributed by atoms with Crippen molar-refractivity contribution in [2.75, 3.05) is 19.8 Å². The van der Waals surface area contributed by atoms with E-state index in [1.807, 2.05) is 0 Å². The van der Waals surface area contributed by atoms with Gasteiger partial charge in [0.05, 0.1) is 0 Å². The summed E-state index contributed by atoms with van der Waals surface area (Å²) in [5.41, 5.74) is 4.41. The molecule has 1 aliphatic rings. The Morgan fingerprint density at radius 1 is 0.913 bits per heavy atom. The summed E-state index contributed by atoms with van der Waals surface area (Å²) in [6, 6.07) is 19.9. The van der Waals surface area contributed by atoms with E-state index in [0.29, 0.717) is 0 Å². The third-order valence-electron chi connectivity index (χ3n) is 5.06. The number of aryl methyl sites for hydroxylation is 1. The molecule has 2 heteroatoms. The fourth-order valence-electron chi connectivity index (χ4n) is 3.46. The first kappa shape index (κ1) is 16.2. The molecule has 0 aromatic heterocycles. The SMILES string of the molecule is CCc1ccc(CNCC2(c3ccccc3)CCOCC2)cc1. The molecule has 2 aromatic rings. The first-order valence-electron chi connectivity index (χ1n) is 8.74. The van der Waals surface area contributed by atoms with Crippen molar-refractivity contribution in [1.29, 1.82) is 0 Å². The molecule has 1 heterocycles. The molecule has 2 nitrogen and oxygen atoms in total. The lowest BCUT2D eigenvalue weighted by atomic mass is 9.74. The van der Waals surface area contributed by atoms with Crippen LogP contribution in [0.15, 0.2) is 54.6 Å². The number of benzene rings is 2. The van der Waals surface area contributed by atoms with E-state index in [1.54, 1.807) is 0 Å². The van der Waals surface area contributed by atoms with Gasteiger partial charge in [-0.05, 0) is 36.0 Å². The number of nitrogens with one attached hydrogen (secondary N) is 1. The maximum absolute atomic E-state index is 5.61. The average Bonchev–Trinajstić information content (AvgIpc) is 2.64. The summed E-state index contributed by atoms with van der Waals surface area (Å²) in [6.45, 7) is 5.86. The Labute approximate surface area is 139 Å². The van der Waals surface area contributed by atoms with Gasteiger partial charge in [0.15, 0.2) is 0 Å². The molecule has 0 bridgehead atoms. The fourth-order valence-corrected chi connectivity index (χ4v) is 3.46. The van der Waals surface area contributed by atoms with Crippen LogP contribution in [0.4, 0.5) is 0 Å². The third-order valence-corrected chi connectivity index (χ3v) is 5.06. The first-order chi connectivity index (χ1) is 11.3. The van der Waals surface area contributed by atoms with Crippen molar-refractivity contribution in [2.45, 2.75) is 38.1 Å². The van der Waals surface area contributed by atoms with Crippen molar-refractivity contribution in [3.8, 4) is 0 Å². The Morgan fingerprint density at radius 3 is 2.22 bits per heavy atom. The Hall–Kier alpha value is -1.64. The van der Waals surface area contributed by atoms with E-state index in [-0.39, 0.29) is 5.41 Å². The lowest BCUT2D eigenvalue weighted by molar-refractivity contribution is 0.0498. The molecule has 2 aromatic carbocycles. The second-order valence-corrected chi connectivity index (χ2v) is 6.53. The molecule has 1 aliphatic heterocycles. The van der Waals surface area contributed by atoms with Gasteiger partial charge in [0.2, 0.25) is 0 Å². The monoisotopic (exact) mass is 309 g/mol. The van der Waals surface area contributed by atoms with Crippen molar-refractivity contribution < 1.29 is 4.74 Å². The topological polar surface area (TPSA) is 21.3 Å². The number of hydrogen-bond acceptors (Lipinski definition) is 2. The van der Waals surface area contributed by atoms with Crippen LogP contribution in [-0.2, 0) is 23.1 Å². The lowest BCUT2D eigenvalue weighted by Crippen LogP contribution is -2.42. The fraction of sp³-hybridized carbons (Fsp3) is 0.429. The van der Waals surface area contributed by atoms with Gasteiger partial charge in [-0.3, -0.25) is 0 Å². The van der Waals surface area contributed by atoms with Gasteiger partial charge in [-0.2, -0.15) is 0 Å². The molecule has 3 rings (SSSR count). The third kappa shape index (κ3) is 4.01. The Balaban J connectivity index is 1.65. The van der Waals surface area contributed by atoms with Crippen molar-refractivity contribution >= 4 is 0 Å². The molecular formula is C21H27NO. The minimum Gasteiger partial charge on any atom is -0.381 e. The number of hydrogen-bond donors (Lipinski definition) is 1. The van der Waals surface area contributed by atoms with Crippen LogP contribution in [0, 0.1) is 0 Å². The van der Waals surface area contributed by atoms with Gasteiger partial charge in [0.1, 0.15) is 0 Å². The smallest absolute Gasteiger partial charge is 0.0475 e. The molecule has 0 atom stereocenters. The molecule has 1 fully saturated rings. The molecule has 1 saturated heterocycles. The zero-order chi connectivity index (χ0) is 16.0. The van der Waals surface area contributed by atoms with Crippen molar-refractivity contribution in [2.24, 2.45) is 0 Å². The van der Waals surface area contributed by atoms with E-state index in [1.165, 1.54) is 16.7 Å². The molecule has 1 N–H and O–H groups in total. The predicted molar refractivity (Wildman–Crippen MR) is 95.7 cm³/mol. The molecule has 0 radical (unpaired) electrons. The maximum Gasteiger partial charge on any atom is 0.0475 e. The standard InChI is InChI=1S/C21H27NO/c1-2-18-8-10-19(11-9-18)16-22-17-21(12-14-23-15-13-21)20-6-4-3-5-7-20/h3-11,22H,2,12-17H2,1H3. The van der Waals surface area contributed by atoms with Crippen molar-refractivity contribution in [1.82, 2.24) is 5.32 Å².